The molecule has 20 heavy (non-hydrogen) atoms. The molecule has 0 radical (unpaired) electrons. The molecule has 0 atom stereocenters. The van der Waals surface area contributed by atoms with Gasteiger partial charge in [0, 0.05) is 17.1 Å². The molecule has 0 unspecified atom stereocenters. The Balaban J connectivity index is 1.84. The van der Waals surface area contributed by atoms with Gasteiger partial charge in [0.15, 0.2) is 0 Å². The van der Waals surface area contributed by atoms with Crippen molar-refractivity contribution in [3.8, 4) is 0 Å². The number of nitrogen functional groups attached to an aromatic ring is 1. The maximum atomic E-state index is 11.8. The molecule has 0 fully saturated rings. The predicted octanol–water partition coefficient (Wildman–Crippen LogP) is 3.33. The van der Waals surface area contributed by atoms with Crippen LogP contribution in [0.5, 0.6) is 0 Å². The molecule has 0 saturated heterocycles. The van der Waals surface area contributed by atoms with Gasteiger partial charge in [-0.1, -0.05) is 48.0 Å². The zero-order chi connectivity index (χ0) is 14.4. The van der Waals surface area contributed by atoms with Crippen molar-refractivity contribution < 1.29 is 4.79 Å². The quantitative estimate of drug-likeness (QED) is 0.658. The molecular formula is C15H15ClN2OS. The van der Waals surface area contributed by atoms with E-state index >= 15 is 0 Å². The lowest BCUT2D eigenvalue weighted by Gasteiger charge is -2.08. The second-order valence-corrected chi connectivity index (χ2v) is 5.60. The van der Waals surface area contributed by atoms with Crippen LogP contribution in [-0.4, -0.2) is 11.7 Å². The molecule has 0 spiro atoms. The summed E-state index contributed by atoms with van der Waals surface area (Å²) >= 11 is 7.40. The van der Waals surface area contributed by atoms with Gasteiger partial charge in [0.25, 0.3) is 0 Å². The van der Waals surface area contributed by atoms with Gasteiger partial charge in [-0.05, 0) is 17.7 Å². The molecule has 0 saturated carbocycles. The van der Waals surface area contributed by atoms with Crippen LogP contribution < -0.4 is 11.1 Å². The van der Waals surface area contributed by atoms with E-state index < -0.39 is 0 Å². The largest absolute Gasteiger partial charge is 0.398 e. The van der Waals surface area contributed by atoms with Crippen LogP contribution in [0.15, 0.2) is 53.4 Å². The first kappa shape index (κ1) is 14.8. The Bertz CT molecular complexity index is 569. The minimum atomic E-state index is -0.0434. The Morgan fingerprint density at radius 1 is 1.15 bits per heavy atom. The summed E-state index contributed by atoms with van der Waals surface area (Å²) < 4.78 is 0. The number of hydrogen-bond donors (Lipinski definition) is 2. The zero-order valence-corrected chi connectivity index (χ0v) is 12.4. The van der Waals surface area contributed by atoms with E-state index in [-0.39, 0.29) is 5.91 Å². The number of thioether (sulfide) groups is 1. The summed E-state index contributed by atoms with van der Waals surface area (Å²) in [5.74, 6) is 0.249. The maximum Gasteiger partial charge on any atom is 0.230 e. The molecule has 3 nitrogen and oxygen atoms in total. The minimum Gasteiger partial charge on any atom is -0.398 e. The Hall–Kier alpha value is -1.65. The Morgan fingerprint density at radius 3 is 2.60 bits per heavy atom. The van der Waals surface area contributed by atoms with E-state index in [0.717, 1.165) is 10.5 Å². The first-order valence-corrected chi connectivity index (χ1v) is 7.50. The molecular weight excluding hydrogens is 292 g/mol. The fourth-order valence-corrected chi connectivity index (χ4v) is 2.83. The summed E-state index contributed by atoms with van der Waals surface area (Å²) in [4.78, 5) is 12.6. The van der Waals surface area contributed by atoms with Gasteiger partial charge in [0.1, 0.15) is 0 Å². The summed E-state index contributed by atoms with van der Waals surface area (Å²) in [5.41, 5.74) is 7.50. The van der Waals surface area contributed by atoms with Gasteiger partial charge in [0.05, 0.1) is 10.8 Å². The summed E-state index contributed by atoms with van der Waals surface area (Å²) in [6, 6.07) is 15.1. The van der Waals surface area contributed by atoms with E-state index in [4.69, 9.17) is 17.3 Å². The van der Waals surface area contributed by atoms with E-state index in [1.54, 1.807) is 18.2 Å². The number of carbonyl (C=O) groups excluding carboxylic acids is 1. The lowest BCUT2D eigenvalue weighted by Crippen LogP contribution is -2.24. The van der Waals surface area contributed by atoms with Crippen LogP contribution >= 0.6 is 23.4 Å². The lowest BCUT2D eigenvalue weighted by molar-refractivity contribution is -0.118. The first-order chi connectivity index (χ1) is 9.66. The molecule has 104 valence electrons. The van der Waals surface area contributed by atoms with Crippen LogP contribution in [0.25, 0.3) is 0 Å². The average Bonchev–Trinajstić information content (AvgIpc) is 2.46. The molecule has 0 aromatic heterocycles. The van der Waals surface area contributed by atoms with Crippen molar-refractivity contribution in [1.82, 2.24) is 5.32 Å². The van der Waals surface area contributed by atoms with Crippen molar-refractivity contribution in [2.45, 2.75) is 11.4 Å². The lowest BCUT2D eigenvalue weighted by atomic mass is 10.2. The van der Waals surface area contributed by atoms with E-state index in [9.17, 15) is 4.79 Å². The number of halogens is 1. The van der Waals surface area contributed by atoms with Crippen LogP contribution in [0.2, 0.25) is 5.02 Å². The van der Waals surface area contributed by atoms with Crippen LogP contribution in [0, 0.1) is 0 Å². The van der Waals surface area contributed by atoms with Crippen molar-refractivity contribution >= 4 is 35.0 Å². The molecule has 1 amide bonds. The highest BCUT2D eigenvalue weighted by molar-refractivity contribution is 8.00. The third-order valence-corrected chi connectivity index (χ3v) is 4.26. The highest BCUT2D eigenvalue weighted by Crippen LogP contribution is 2.32. The van der Waals surface area contributed by atoms with Gasteiger partial charge in [0.2, 0.25) is 5.91 Å². The number of amides is 1. The predicted molar refractivity (Wildman–Crippen MR) is 84.9 cm³/mol. The molecule has 2 aromatic rings. The fourth-order valence-electron chi connectivity index (χ4n) is 1.66. The highest BCUT2D eigenvalue weighted by atomic mass is 35.5. The molecule has 0 bridgehead atoms. The molecule has 2 rings (SSSR count). The monoisotopic (exact) mass is 306 g/mol. The van der Waals surface area contributed by atoms with Crippen molar-refractivity contribution in [1.29, 1.82) is 0 Å². The van der Waals surface area contributed by atoms with Crippen molar-refractivity contribution in [3.63, 3.8) is 0 Å². The van der Waals surface area contributed by atoms with Gasteiger partial charge in [-0.25, -0.2) is 0 Å². The zero-order valence-electron chi connectivity index (χ0n) is 10.8. The maximum absolute atomic E-state index is 11.8. The fraction of sp³-hybridized carbons (Fsp3) is 0.133. The van der Waals surface area contributed by atoms with Gasteiger partial charge >= 0.3 is 0 Å². The summed E-state index contributed by atoms with van der Waals surface area (Å²) in [5, 5.41) is 3.44. The number of rotatable bonds is 5. The van der Waals surface area contributed by atoms with Gasteiger partial charge in [-0.3, -0.25) is 4.79 Å². The Labute approximate surface area is 127 Å². The number of carbonyl (C=O) groups is 1. The standard InChI is InChI=1S/C15H15ClN2OS/c16-12-7-4-8-13(17)15(12)20-10-14(19)18-9-11-5-2-1-3-6-11/h1-8H,9-10,17H2,(H,18,19). The summed E-state index contributed by atoms with van der Waals surface area (Å²) in [6.07, 6.45) is 0. The number of nitrogens with two attached hydrogens (primary N) is 1. The molecule has 0 aliphatic carbocycles. The number of nitrogens with one attached hydrogen (secondary N) is 1. The molecule has 0 heterocycles. The van der Waals surface area contributed by atoms with Crippen molar-refractivity contribution in [3.05, 3.63) is 59.1 Å². The number of hydrogen-bond acceptors (Lipinski definition) is 3. The minimum absolute atomic E-state index is 0.0434. The average molecular weight is 307 g/mol. The van der Waals surface area contributed by atoms with E-state index in [1.807, 2.05) is 30.3 Å². The van der Waals surface area contributed by atoms with Gasteiger partial charge in [-0.2, -0.15) is 0 Å². The normalized spacial score (nSPS) is 10.2. The van der Waals surface area contributed by atoms with Crippen LogP contribution in [-0.2, 0) is 11.3 Å². The SMILES string of the molecule is Nc1cccc(Cl)c1SCC(=O)NCc1ccccc1. The summed E-state index contributed by atoms with van der Waals surface area (Å²) in [6.45, 7) is 0.526. The smallest absolute Gasteiger partial charge is 0.230 e. The van der Waals surface area contributed by atoms with Gasteiger partial charge in [-0.15, -0.1) is 11.8 Å². The van der Waals surface area contributed by atoms with Crippen LogP contribution in [0.3, 0.4) is 0 Å². The van der Waals surface area contributed by atoms with Crippen LogP contribution in [0.1, 0.15) is 5.56 Å². The second-order valence-electron chi connectivity index (χ2n) is 4.21. The topological polar surface area (TPSA) is 55.1 Å². The third-order valence-electron chi connectivity index (χ3n) is 2.68. The van der Waals surface area contributed by atoms with Crippen LogP contribution in [0.4, 0.5) is 5.69 Å². The van der Waals surface area contributed by atoms with E-state index in [1.165, 1.54) is 11.8 Å². The van der Waals surface area contributed by atoms with Crippen molar-refractivity contribution in [2.75, 3.05) is 11.5 Å². The second kappa shape index (κ2) is 7.22. The molecule has 3 N–H and O–H groups in total. The highest BCUT2D eigenvalue weighted by Gasteiger charge is 2.08. The molecule has 0 aliphatic heterocycles. The Kier molecular flexibility index (Phi) is 5.32. The number of benzene rings is 2. The van der Waals surface area contributed by atoms with E-state index in [2.05, 4.69) is 5.32 Å². The molecule has 2 aromatic carbocycles. The van der Waals surface area contributed by atoms with Gasteiger partial charge < -0.3 is 11.1 Å². The van der Waals surface area contributed by atoms with E-state index in [0.29, 0.717) is 23.0 Å². The summed E-state index contributed by atoms with van der Waals surface area (Å²) in [7, 11) is 0. The third kappa shape index (κ3) is 4.18. The number of anilines is 1. The van der Waals surface area contributed by atoms with Crippen molar-refractivity contribution in [2.24, 2.45) is 0 Å². The first-order valence-electron chi connectivity index (χ1n) is 6.14. The molecule has 0 aliphatic rings. The molecule has 5 heteroatoms. The Morgan fingerprint density at radius 2 is 1.90 bits per heavy atom.